The first-order valence-corrected chi connectivity index (χ1v) is 8.52. The minimum atomic E-state index is 0.0962. The zero-order chi connectivity index (χ0) is 17.9. The summed E-state index contributed by atoms with van der Waals surface area (Å²) >= 11 is 0. The highest BCUT2D eigenvalue weighted by molar-refractivity contribution is 5.74. The number of hydrogen-bond acceptors (Lipinski definition) is 4. The number of azo groups is 1. The zero-order valence-electron chi connectivity index (χ0n) is 14.4. The fourth-order valence-corrected chi connectivity index (χ4v) is 2.82. The molecule has 5 nitrogen and oxygen atoms in total. The lowest BCUT2D eigenvalue weighted by Gasteiger charge is -2.02. The SMILES string of the molecule is CCc1ccc(-c2nc3ccccn3c2N=Nc2ccccc2O)cc1. The third kappa shape index (κ3) is 2.95. The van der Waals surface area contributed by atoms with Crippen LogP contribution in [0.15, 0.2) is 83.2 Å². The van der Waals surface area contributed by atoms with Crippen LogP contribution in [-0.2, 0) is 6.42 Å². The first-order chi connectivity index (χ1) is 12.8. The molecule has 0 spiro atoms. The highest BCUT2D eigenvalue weighted by Gasteiger charge is 2.14. The normalized spacial score (nSPS) is 11.4. The van der Waals surface area contributed by atoms with Crippen molar-refractivity contribution < 1.29 is 5.11 Å². The van der Waals surface area contributed by atoms with Crippen LogP contribution < -0.4 is 0 Å². The summed E-state index contributed by atoms with van der Waals surface area (Å²) in [4.78, 5) is 4.72. The van der Waals surface area contributed by atoms with Crippen LogP contribution in [0.1, 0.15) is 12.5 Å². The maximum absolute atomic E-state index is 9.92. The molecule has 0 saturated heterocycles. The molecule has 2 heterocycles. The molecule has 0 unspecified atom stereocenters. The Balaban J connectivity index is 1.85. The standard InChI is InChI=1S/C21H18N4O/c1-2-15-10-12-16(13-11-15)20-21(25-14-6-5-9-19(25)22-20)24-23-17-7-3-4-8-18(17)26/h3-14,26H,2H2,1H3. The zero-order valence-corrected chi connectivity index (χ0v) is 14.4. The van der Waals surface area contributed by atoms with Gasteiger partial charge in [0, 0.05) is 11.8 Å². The molecule has 5 heteroatoms. The van der Waals surface area contributed by atoms with Crippen LogP contribution in [-0.4, -0.2) is 14.5 Å². The van der Waals surface area contributed by atoms with E-state index in [1.54, 1.807) is 18.2 Å². The summed E-state index contributed by atoms with van der Waals surface area (Å²) in [5.74, 6) is 0.729. The van der Waals surface area contributed by atoms with Crippen molar-refractivity contribution in [3.05, 3.63) is 78.5 Å². The van der Waals surface area contributed by atoms with Crippen molar-refractivity contribution in [1.29, 1.82) is 0 Å². The van der Waals surface area contributed by atoms with Gasteiger partial charge in [-0.1, -0.05) is 49.4 Å². The minimum Gasteiger partial charge on any atom is -0.506 e. The summed E-state index contributed by atoms with van der Waals surface area (Å²) in [6.07, 6.45) is 2.90. The van der Waals surface area contributed by atoms with Gasteiger partial charge in [-0.25, -0.2) is 4.98 Å². The van der Waals surface area contributed by atoms with Crippen LogP contribution in [0.4, 0.5) is 11.5 Å². The number of phenols is 1. The monoisotopic (exact) mass is 342 g/mol. The van der Waals surface area contributed by atoms with E-state index in [1.807, 2.05) is 34.9 Å². The highest BCUT2D eigenvalue weighted by atomic mass is 16.3. The number of aryl methyl sites for hydroxylation is 1. The molecule has 4 aromatic rings. The predicted molar refractivity (Wildman–Crippen MR) is 102 cm³/mol. The Kier molecular flexibility index (Phi) is 4.19. The Hall–Kier alpha value is -3.47. The Morgan fingerprint density at radius 3 is 2.46 bits per heavy atom. The molecular weight excluding hydrogens is 324 g/mol. The largest absolute Gasteiger partial charge is 0.506 e. The van der Waals surface area contributed by atoms with Crippen molar-refractivity contribution in [3.8, 4) is 17.0 Å². The summed E-state index contributed by atoms with van der Waals surface area (Å²) in [7, 11) is 0. The highest BCUT2D eigenvalue weighted by Crippen LogP contribution is 2.34. The van der Waals surface area contributed by atoms with Gasteiger partial charge in [0.2, 0.25) is 0 Å². The lowest BCUT2D eigenvalue weighted by Crippen LogP contribution is -1.83. The van der Waals surface area contributed by atoms with E-state index < -0.39 is 0 Å². The molecule has 0 bridgehead atoms. The van der Waals surface area contributed by atoms with E-state index in [2.05, 4.69) is 41.4 Å². The van der Waals surface area contributed by atoms with Gasteiger partial charge in [-0.05, 0) is 36.2 Å². The Bertz CT molecular complexity index is 1080. The van der Waals surface area contributed by atoms with Crippen LogP contribution in [0.2, 0.25) is 0 Å². The second kappa shape index (κ2) is 6.80. The van der Waals surface area contributed by atoms with E-state index in [9.17, 15) is 5.11 Å². The fourth-order valence-electron chi connectivity index (χ4n) is 2.82. The van der Waals surface area contributed by atoms with Gasteiger partial charge in [0.05, 0.1) is 0 Å². The summed E-state index contributed by atoms with van der Waals surface area (Å²) in [5.41, 5.74) is 4.24. The fraction of sp³-hybridized carbons (Fsp3) is 0.0952. The number of imidazole rings is 1. The van der Waals surface area contributed by atoms with E-state index in [0.717, 1.165) is 23.3 Å². The van der Waals surface area contributed by atoms with Crippen molar-refractivity contribution in [2.24, 2.45) is 10.2 Å². The van der Waals surface area contributed by atoms with Crippen molar-refractivity contribution in [2.75, 3.05) is 0 Å². The van der Waals surface area contributed by atoms with Crippen molar-refractivity contribution in [3.63, 3.8) is 0 Å². The smallest absolute Gasteiger partial charge is 0.187 e. The van der Waals surface area contributed by atoms with Gasteiger partial charge in [0.15, 0.2) is 5.82 Å². The molecule has 26 heavy (non-hydrogen) atoms. The molecular formula is C21H18N4O. The molecule has 0 fully saturated rings. The van der Waals surface area contributed by atoms with E-state index in [4.69, 9.17) is 4.98 Å². The average Bonchev–Trinajstić information content (AvgIpc) is 3.06. The average molecular weight is 342 g/mol. The second-order valence-electron chi connectivity index (χ2n) is 5.95. The van der Waals surface area contributed by atoms with E-state index in [0.29, 0.717) is 11.5 Å². The van der Waals surface area contributed by atoms with Crippen LogP contribution in [0.25, 0.3) is 16.9 Å². The number of rotatable bonds is 4. The molecule has 0 amide bonds. The Morgan fingerprint density at radius 1 is 0.923 bits per heavy atom. The molecule has 0 aliphatic rings. The van der Waals surface area contributed by atoms with Gasteiger partial charge in [-0.15, -0.1) is 10.2 Å². The Morgan fingerprint density at radius 2 is 1.69 bits per heavy atom. The topological polar surface area (TPSA) is 62.2 Å². The van der Waals surface area contributed by atoms with Crippen molar-refractivity contribution in [1.82, 2.24) is 9.38 Å². The van der Waals surface area contributed by atoms with E-state index in [-0.39, 0.29) is 5.75 Å². The number of aromatic hydroxyl groups is 1. The van der Waals surface area contributed by atoms with Gasteiger partial charge in [-0.3, -0.25) is 4.40 Å². The number of pyridine rings is 1. The number of aromatic nitrogens is 2. The molecule has 0 radical (unpaired) electrons. The molecule has 2 aromatic heterocycles. The van der Waals surface area contributed by atoms with Crippen LogP contribution in [0, 0.1) is 0 Å². The Labute approximate surface area is 151 Å². The first-order valence-electron chi connectivity index (χ1n) is 8.52. The maximum atomic E-state index is 9.92. The van der Waals surface area contributed by atoms with Gasteiger partial charge < -0.3 is 5.11 Å². The van der Waals surface area contributed by atoms with E-state index >= 15 is 0 Å². The maximum Gasteiger partial charge on any atom is 0.187 e. The molecule has 0 atom stereocenters. The molecule has 2 aromatic carbocycles. The summed E-state index contributed by atoms with van der Waals surface area (Å²) < 4.78 is 1.90. The van der Waals surface area contributed by atoms with Gasteiger partial charge in [0.1, 0.15) is 22.8 Å². The van der Waals surface area contributed by atoms with Crippen LogP contribution in [0.5, 0.6) is 5.75 Å². The number of nitrogens with zero attached hydrogens (tertiary/aromatic N) is 4. The quantitative estimate of drug-likeness (QED) is 0.485. The summed E-state index contributed by atoms with van der Waals surface area (Å²) in [5, 5.41) is 18.6. The van der Waals surface area contributed by atoms with Crippen LogP contribution in [0.3, 0.4) is 0 Å². The third-order valence-electron chi connectivity index (χ3n) is 4.27. The van der Waals surface area contributed by atoms with Gasteiger partial charge in [-0.2, -0.15) is 0 Å². The second-order valence-corrected chi connectivity index (χ2v) is 5.95. The predicted octanol–water partition coefficient (Wildman–Crippen LogP) is 5.68. The molecule has 4 rings (SSSR count). The minimum absolute atomic E-state index is 0.0962. The molecule has 1 N–H and O–H groups in total. The van der Waals surface area contributed by atoms with Crippen molar-refractivity contribution >= 4 is 17.2 Å². The molecule has 0 saturated carbocycles. The van der Waals surface area contributed by atoms with Gasteiger partial charge in [0.25, 0.3) is 0 Å². The third-order valence-corrected chi connectivity index (χ3v) is 4.27. The van der Waals surface area contributed by atoms with Crippen molar-refractivity contribution in [2.45, 2.75) is 13.3 Å². The summed E-state index contributed by atoms with van der Waals surface area (Å²) in [6.45, 7) is 2.13. The molecule has 0 aliphatic carbocycles. The van der Waals surface area contributed by atoms with Gasteiger partial charge >= 0.3 is 0 Å². The first kappa shape index (κ1) is 16.0. The number of phenolic OH excluding ortho intramolecular Hbond substituents is 1. The number of hydrogen-bond donors (Lipinski definition) is 1. The summed E-state index contributed by atoms with van der Waals surface area (Å²) in [6, 6.07) is 21.0. The molecule has 0 aliphatic heterocycles. The lowest BCUT2D eigenvalue weighted by molar-refractivity contribution is 0.476. The number of fused-ring (bicyclic) bond motifs is 1. The lowest BCUT2D eigenvalue weighted by atomic mass is 10.1. The molecule has 128 valence electrons. The number of para-hydroxylation sites is 1. The number of benzene rings is 2. The van der Waals surface area contributed by atoms with Crippen LogP contribution >= 0.6 is 0 Å². The van der Waals surface area contributed by atoms with E-state index in [1.165, 1.54) is 5.56 Å².